The minimum absolute atomic E-state index is 0.0642. The third-order valence-corrected chi connectivity index (χ3v) is 16.0. The van der Waals surface area contributed by atoms with Gasteiger partial charge in [0.1, 0.15) is 93.3 Å². The smallest absolute Gasteiger partial charge is 0.303 e. The van der Waals surface area contributed by atoms with Crippen LogP contribution >= 0.6 is 74.3 Å². The number of nitriles is 1. The number of hydrogen-bond acceptors (Lipinski definition) is 19. The lowest BCUT2D eigenvalue weighted by molar-refractivity contribution is -0.192. The molecule has 0 N–H and O–H groups in total. The van der Waals surface area contributed by atoms with Crippen LogP contribution in [0.2, 0.25) is 15.1 Å². The van der Waals surface area contributed by atoms with Gasteiger partial charge in [-0.1, -0.05) is 77.4 Å². The highest BCUT2D eigenvalue weighted by Crippen LogP contribution is 2.47. The summed E-state index contributed by atoms with van der Waals surface area (Å²) >= 11 is 23.2. The summed E-state index contributed by atoms with van der Waals surface area (Å²) in [7, 11) is 0. The maximum atomic E-state index is 14.1. The molecule has 4 aromatic heterocycles. The third-order valence-electron chi connectivity index (χ3n) is 12.0. The fraction of sp³-hybridized carbons (Fsp3) is 0.360. The Morgan fingerprint density at radius 2 is 1.16 bits per heavy atom. The second-order valence-corrected chi connectivity index (χ2v) is 22.0. The van der Waals surface area contributed by atoms with E-state index in [1.54, 1.807) is 12.1 Å². The molecule has 2 aromatic carbocycles. The molecule has 80 heavy (non-hydrogen) atoms. The lowest BCUT2D eigenvalue weighted by Gasteiger charge is -2.44. The van der Waals surface area contributed by atoms with Crippen molar-refractivity contribution in [2.24, 2.45) is 11.8 Å². The molecule has 6 heterocycles. The normalized spacial score (nSPS) is 22.4. The molecule has 4 unspecified atom stereocenters. The molecule has 2 aliphatic heterocycles. The van der Waals surface area contributed by atoms with Gasteiger partial charge in [-0.2, -0.15) is 5.26 Å². The number of carbonyl (C=O) groups excluding carboxylic acids is 4. The van der Waals surface area contributed by atoms with Crippen LogP contribution in [0.5, 0.6) is 0 Å². The summed E-state index contributed by atoms with van der Waals surface area (Å²) in [6, 6.07) is 7.87. The number of carbonyl (C=O) groups is 4. The topological polar surface area (TPSA) is 239 Å². The Bertz CT molecular complexity index is 3370. The van der Waals surface area contributed by atoms with Crippen LogP contribution < -0.4 is 0 Å². The molecule has 420 valence electrons. The lowest BCUT2D eigenvalue weighted by atomic mass is 9.90. The molecule has 6 aromatic rings. The van der Waals surface area contributed by atoms with Crippen molar-refractivity contribution >= 4 is 104 Å². The largest absolute Gasteiger partial charge is 0.463 e. The Morgan fingerprint density at radius 3 is 1.56 bits per heavy atom. The molecule has 0 radical (unpaired) electrons. The standard InChI is InChI=1S/C25H21BrClF2N5O5S.C25H21Cl2F2N5O5S/c1-11-22(34-9-18(32-33-34)14-5-16(28)21(27)17(29)6-14)23(38-13(3)36)19(10-37-12(2)35)39-25(11)40-20-7-15(26)8-31-24(20)30-4;1-11-23(34-9-20(32-33-34)14-4-17(28)22(27)18(29)5-14)24(38-13(3)36)21(10-37-12(2)35)39-25(11)40-15-6-16(26)19(7-30)31-8-15/h5-9,11,19,22-23,25H,10H2,1-3H3;4-6,8-9,11,21,23-25H,10H2,1-3H3/t11?,19?,22-,23+,25-;11?,21?,23-,24+,25-/m11/s1. The molecule has 0 amide bonds. The first-order chi connectivity index (χ1) is 38.0. The van der Waals surface area contributed by atoms with Crippen LogP contribution in [0, 0.1) is 53.0 Å². The number of halogens is 8. The summed E-state index contributed by atoms with van der Waals surface area (Å²) in [5.74, 6) is -6.93. The van der Waals surface area contributed by atoms with Crippen molar-refractivity contribution in [3.63, 3.8) is 0 Å². The second-order valence-electron chi connectivity index (χ2n) is 17.6. The average molecular weight is 1270 g/mol. The number of rotatable bonds is 14. The monoisotopic (exact) mass is 1270 g/mol. The number of thioether (sulfide) groups is 2. The predicted molar refractivity (Wildman–Crippen MR) is 283 cm³/mol. The average Bonchev–Trinajstić information content (AvgIpc) is 4.16. The van der Waals surface area contributed by atoms with Crippen LogP contribution in [0.25, 0.3) is 27.4 Å². The Kier molecular flexibility index (Phi) is 20.6. The Balaban J connectivity index is 0.000000231. The number of benzene rings is 2. The lowest BCUT2D eigenvalue weighted by Crippen LogP contribution is -2.53. The van der Waals surface area contributed by atoms with Crippen LogP contribution in [-0.4, -0.2) is 112 Å². The highest BCUT2D eigenvalue weighted by atomic mass is 79.9. The molecule has 30 heteroatoms. The van der Waals surface area contributed by atoms with Crippen molar-refractivity contribution in [1.29, 1.82) is 5.26 Å². The summed E-state index contributed by atoms with van der Waals surface area (Å²) < 4.78 is 94.2. The first kappa shape index (κ1) is 61.2. The summed E-state index contributed by atoms with van der Waals surface area (Å²) in [6.07, 6.45) is 2.06. The van der Waals surface area contributed by atoms with E-state index >= 15 is 0 Å². The van der Waals surface area contributed by atoms with Gasteiger partial charge in [-0.15, -0.1) is 26.9 Å². The molecule has 0 saturated carbocycles. The van der Waals surface area contributed by atoms with E-state index in [1.807, 2.05) is 19.9 Å². The van der Waals surface area contributed by atoms with E-state index in [0.29, 0.717) is 14.3 Å². The molecule has 2 saturated heterocycles. The maximum Gasteiger partial charge on any atom is 0.303 e. The molecular weight excluding hydrogens is 1230 g/mol. The quantitative estimate of drug-likeness (QED) is 0.0324. The Labute approximate surface area is 485 Å². The first-order valence-corrected chi connectivity index (χ1v) is 27.1. The van der Waals surface area contributed by atoms with E-state index in [-0.39, 0.29) is 52.3 Å². The number of ether oxygens (including phenoxy) is 6. The van der Waals surface area contributed by atoms with E-state index in [0.717, 1.165) is 24.3 Å². The van der Waals surface area contributed by atoms with Gasteiger partial charge in [0.2, 0.25) is 0 Å². The minimum atomic E-state index is -0.988. The van der Waals surface area contributed by atoms with Gasteiger partial charge in [0.05, 0.1) is 34.0 Å². The van der Waals surface area contributed by atoms with Crippen molar-refractivity contribution in [2.75, 3.05) is 13.2 Å². The molecule has 8 rings (SSSR count). The van der Waals surface area contributed by atoms with Crippen LogP contribution in [0.4, 0.5) is 23.4 Å². The SMILES string of the molecule is CC(=O)OCC1O[C@H](Sc2cnc(C#N)c(Cl)c2)C(C)[C@@H](n2cc(-c3cc(F)c(Cl)c(F)c3)nn2)[C@H]1OC(C)=O.[C-]#[N+]c1ncc(Br)cc1S[C@H]1OC(COC(C)=O)[C@H](OC(C)=O)[C@H](n2cc(-c3cc(F)c(Cl)c(F)c3)nn2)C1C. The molecule has 2 fully saturated rings. The van der Waals surface area contributed by atoms with Gasteiger partial charge >= 0.3 is 23.9 Å². The van der Waals surface area contributed by atoms with Crippen molar-refractivity contribution in [2.45, 2.75) is 98.7 Å². The van der Waals surface area contributed by atoms with Gasteiger partial charge < -0.3 is 33.3 Å². The highest BCUT2D eigenvalue weighted by Gasteiger charge is 2.50. The summed E-state index contributed by atoms with van der Waals surface area (Å²) in [4.78, 5) is 60.2. The summed E-state index contributed by atoms with van der Waals surface area (Å²) in [5.41, 5.74) is -0.767. The van der Waals surface area contributed by atoms with Crippen molar-refractivity contribution in [1.82, 2.24) is 40.0 Å². The maximum absolute atomic E-state index is 14.1. The van der Waals surface area contributed by atoms with Crippen molar-refractivity contribution in [3.8, 4) is 28.6 Å². The highest BCUT2D eigenvalue weighted by molar-refractivity contribution is 9.10. The van der Waals surface area contributed by atoms with Gasteiger partial charge in [0.25, 0.3) is 5.82 Å². The van der Waals surface area contributed by atoms with E-state index in [2.05, 4.69) is 51.4 Å². The van der Waals surface area contributed by atoms with Crippen LogP contribution in [-0.2, 0) is 47.6 Å². The van der Waals surface area contributed by atoms with Crippen LogP contribution in [0.15, 0.2) is 75.4 Å². The van der Waals surface area contributed by atoms with Crippen molar-refractivity contribution < 1.29 is 65.2 Å². The van der Waals surface area contributed by atoms with E-state index in [9.17, 15) is 36.7 Å². The van der Waals surface area contributed by atoms with Crippen LogP contribution in [0.3, 0.4) is 0 Å². The van der Waals surface area contributed by atoms with E-state index in [1.165, 1.54) is 85.4 Å². The molecule has 20 nitrogen and oxygen atoms in total. The molecule has 0 aliphatic carbocycles. The Hall–Kier alpha value is -6.43. The summed E-state index contributed by atoms with van der Waals surface area (Å²) in [5, 5.41) is 24.5. The number of pyridine rings is 2. The molecule has 10 atom stereocenters. The second kappa shape index (κ2) is 26.9. The third kappa shape index (κ3) is 14.7. The molecular formula is C50H42BrCl3F4N10O10S2. The van der Waals surface area contributed by atoms with Crippen molar-refractivity contribution in [3.05, 3.63) is 121 Å². The fourth-order valence-electron chi connectivity index (χ4n) is 8.43. The zero-order chi connectivity index (χ0) is 58.3. The number of esters is 4. The number of hydrogen-bond donors (Lipinski definition) is 0. The zero-order valence-corrected chi connectivity index (χ0v) is 47.8. The van der Waals surface area contributed by atoms with E-state index in [4.69, 9.17) is 75.1 Å². The van der Waals surface area contributed by atoms with Gasteiger partial charge in [-0.05, 0) is 52.3 Å². The fourth-order valence-corrected chi connectivity index (χ4v) is 11.8. The Morgan fingerprint density at radius 1 is 0.713 bits per heavy atom. The predicted octanol–water partition coefficient (Wildman–Crippen LogP) is 10.8. The number of nitrogens with zero attached hydrogens (tertiary/aromatic N) is 10. The summed E-state index contributed by atoms with van der Waals surface area (Å²) in [6.45, 7) is 15.6. The minimum Gasteiger partial charge on any atom is -0.463 e. The van der Waals surface area contributed by atoms with Gasteiger partial charge in [-0.3, -0.25) is 19.2 Å². The van der Waals surface area contributed by atoms with Crippen LogP contribution in [0.1, 0.15) is 59.3 Å². The molecule has 0 spiro atoms. The van der Waals surface area contributed by atoms with Gasteiger partial charge in [-0.25, -0.2) is 31.9 Å². The number of aromatic nitrogens is 8. The molecule has 0 bridgehead atoms. The van der Waals surface area contributed by atoms with E-state index < -0.39 is 116 Å². The van der Waals surface area contributed by atoms with Gasteiger partial charge in [0.15, 0.2) is 17.9 Å². The molecule has 2 aliphatic rings. The first-order valence-electron chi connectivity index (χ1n) is 23.4. The zero-order valence-electron chi connectivity index (χ0n) is 42.4. The van der Waals surface area contributed by atoms with Gasteiger partial charge in [0, 0.05) is 66.6 Å².